The summed E-state index contributed by atoms with van der Waals surface area (Å²) in [6, 6.07) is 12.9. The van der Waals surface area contributed by atoms with E-state index in [0.717, 1.165) is 35.2 Å². The number of carbonyl (C=O) groups excluding carboxylic acids is 1. The molecule has 1 aliphatic rings. The number of carbonyl (C=O) groups is 1. The molecule has 1 aliphatic carbocycles. The van der Waals surface area contributed by atoms with Gasteiger partial charge in [0.2, 0.25) is 5.43 Å². The van der Waals surface area contributed by atoms with Gasteiger partial charge in [0.15, 0.2) is 11.5 Å². The highest BCUT2D eigenvalue weighted by atomic mass is 19.4. The van der Waals surface area contributed by atoms with E-state index in [-0.39, 0.29) is 17.4 Å². The molecule has 0 bridgehead atoms. The Kier molecular flexibility index (Phi) is 5.42. The molecule has 0 saturated heterocycles. The maximum atomic E-state index is 13.5. The van der Waals surface area contributed by atoms with Crippen LogP contribution in [0.3, 0.4) is 0 Å². The molecule has 2 aromatic carbocycles. The molecular formula is C23H18F3N7O2. The minimum atomic E-state index is -4.64. The van der Waals surface area contributed by atoms with E-state index >= 15 is 0 Å². The van der Waals surface area contributed by atoms with Crippen LogP contribution in [0.1, 0.15) is 40.6 Å². The van der Waals surface area contributed by atoms with Crippen molar-refractivity contribution in [2.75, 3.05) is 5.32 Å². The van der Waals surface area contributed by atoms with Crippen LogP contribution in [-0.2, 0) is 6.18 Å². The molecular weight excluding hydrogens is 463 g/mol. The second-order valence-corrected chi connectivity index (χ2v) is 8.13. The molecule has 2 aromatic heterocycles. The summed E-state index contributed by atoms with van der Waals surface area (Å²) in [5.41, 5.74) is -1.19. The Labute approximate surface area is 196 Å². The number of nitrogens with zero attached hydrogens (tertiary/aromatic N) is 6. The minimum absolute atomic E-state index is 0.154. The number of benzene rings is 2. The number of tetrazole rings is 1. The standard InChI is InChI=1S/C23H18F3N7O2/c1-13-12-19(34)20(29-32(13)18-5-3-2-4-17(18)23(24,25)26)22(35)27-15-8-6-14(7-9-15)21-28-30-31-33(21)16-10-11-16/h2-9,12,16H,10-11H2,1H3,(H,27,35). The molecule has 9 nitrogen and oxygen atoms in total. The number of hydrogen-bond donors (Lipinski definition) is 1. The SMILES string of the molecule is Cc1cc(=O)c(C(=O)Nc2ccc(-c3nnnn3C3CC3)cc2)nn1-c1ccccc1C(F)(F)F. The largest absolute Gasteiger partial charge is 0.418 e. The van der Waals surface area contributed by atoms with Gasteiger partial charge in [-0.2, -0.15) is 18.3 Å². The summed E-state index contributed by atoms with van der Waals surface area (Å²) in [6.07, 6.45) is -2.61. The first kappa shape index (κ1) is 22.4. The van der Waals surface area contributed by atoms with Crippen molar-refractivity contribution in [3.05, 3.63) is 81.8 Å². The van der Waals surface area contributed by atoms with Crippen LogP contribution in [0, 0.1) is 6.92 Å². The van der Waals surface area contributed by atoms with Crippen LogP contribution in [0.4, 0.5) is 18.9 Å². The predicted molar refractivity (Wildman–Crippen MR) is 119 cm³/mol. The third-order valence-electron chi connectivity index (χ3n) is 5.55. The lowest BCUT2D eigenvalue weighted by atomic mass is 10.1. The van der Waals surface area contributed by atoms with Gasteiger partial charge in [0.1, 0.15) is 0 Å². The third-order valence-corrected chi connectivity index (χ3v) is 5.55. The lowest BCUT2D eigenvalue weighted by Gasteiger charge is -2.16. The van der Waals surface area contributed by atoms with Gasteiger partial charge in [0.25, 0.3) is 5.91 Å². The first-order chi connectivity index (χ1) is 16.7. The summed E-state index contributed by atoms with van der Waals surface area (Å²) >= 11 is 0. The Balaban J connectivity index is 1.43. The summed E-state index contributed by atoms with van der Waals surface area (Å²) in [5.74, 6) is -0.236. The fraction of sp³-hybridized carbons (Fsp3) is 0.217. The Morgan fingerprint density at radius 2 is 1.80 bits per heavy atom. The van der Waals surface area contributed by atoms with Crippen molar-refractivity contribution in [3.63, 3.8) is 0 Å². The number of aryl methyl sites for hydroxylation is 1. The summed E-state index contributed by atoms with van der Waals surface area (Å²) < 4.78 is 43.2. The molecule has 0 unspecified atom stereocenters. The highest BCUT2D eigenvalue weighted by Gasteiger charge is 2.34. The van der Waals surface area contributed by atoms with Gasteiger partial charge in [-0.05, 0) is 66.6 Å². The van der Waals surface area contributed by atoms with Crippen LogP contribution in [0.5, 0.6) is 0 Å². The molecule has 5 rings (SSSR count). The van der Waals surface area contributed by atoms with Crippen molar-refractivity contribution in [2.45, 2.75) is 32.0 Å². The van der Waals surface area contributed by atoms with Gasteiger partial charge in [0.05, 0.1) is 17.3 Å². The van der Waals surface area contributed by atoms with Crippen molar-refractivity contribution in [2.24, 2.45) is 0 Å². The number of para-hydroxylation sites is 1. The number of rotatable bonds is 5. The van der Waals surface area contributed by atoms with Gasteiger partial charge in [0, 0.05) is 23.0 Å². The third kappa shape index (κ3) is 4.42. The monoisotopic (exact) mass is 481 g/mol. The van der Waals surface area contributed by atoms with E-state index in [0.29, 0.717) is 11.5 Å². The van der Waals surface area contributed by atoms with Crippen LogP contribution in [-0.4, -0.2) is 35.9 Å². The van der Waals surface area contributed by atoms with Gasteiger partial charge in [-0.25, -0.2) is 9.36 Å². The molecule has 35 heavy (non-hydrogen) atoms. The van der Waals surface area contributed by atoms with Gasteiger partial charge in [-0.1, -0.05) is 12.1 Å². The van der Waals surface area contributed by atoms with E-state index in [1.807, 2.05) is 0 Å². The molecule has 1 amide bonds. The molecule has 0 spiro atoms. The van der Waals surface area contributed by atoms with Gasteiger partial charge in [-0.3, -0.25) is 9.59 Å². The highest BCUT2D eigenvalue weighted by Crippen LogP contribution is 2.37. The average Bonchev–Trinajstić information content (AvgIpc) is 3.55. The van der Waals surface area contributed by atoms with E-state index in [9.17, 15) is 22.8 Å². The van der Waals surface area contributed by atoms with Crippen molar-refractivity contribution in [3.8, 4) is 17.1 Å². The minimum Gasteiger partial charge on any atom is -0.320 e. The Bertz CT molecular complexity index is 1470. The summed E-state index contributed by atoms with van der Waals surface area (Å²) in [4.78, 5) is 25.3. The second-order valence-electron chi connectivity index (χ2n) is 8.13. The van der Waals surface area contributed by atoms with Gasteiger partial charge < -0.3 is 5.32 Å². The predicted octanol–water partition coefficient (Wildman–Crippen LogP) is 3.80. The highest BCUT2D eigenvalue weighted by molar-refractivity contribution is 6.02. The average molecular weight is 481 g/mol. The Morgan fingerprint density at radius 1 is 1.09 bits per heavy atom. The quantitative estimate of drug-likeness (QED) is 0.465. The fourth-order valence-corrected chi connectivity index (χ4v) is 3.69. The smallest absolute Gasteiger partial charge is 0.320 e. The number of amides is 1. The van der Waals surface area contributed by atoms with Crippen LogP contribution in [0.25, 0.3) is 17.1 Å². The first-order valence-corrected chi connectivity index (χ1v) is 10.7. The van der Waals surface area contributed by atoms with Crippen LogP contribution in [0.15, 0.2) is 59.4 Å². The van der Waals surface area contributed by atoms with Crippen molar-refractivity contribution in [1.82, 2.24) is 30.0 Å². The van der Waals surface area contributed by atoms with Crippen LogP contribution < -0.4 is 10.7 Å². The van der Waals surface area contributed by atoms with Crippen molar-refractivity contribution < 1.29 is 18.0 Å². The normalized spacial score (nSPS) is 13.6. The summed E-state index contributed by atoms with van der Waals surface area (Å²) in [6.45, 7) is 1.44. The zero-order valence-corrected chi connectivity index (χ0v) is 18.3. The number of alkyl halides is 3. The Hall–Kier alpha value is -4.35. The number of anilines is 1. The molecule has 1 fully saturated rings. The molecule has 4 aromatic rings. The molecule has 178 valence electrons. The van der Waals surface area contributed by atoms with E-state index in [2.05, 4.69) is 25.9 Å². The maximum Gasteiger partial charge on any atom is 0.418 e. The molecule has 2 heterocycles. The number of nitrogens with one attached hydrogen (secondary N) is 1. The second kappa shape index (κ2) is 8.46. The molecule has 0 aliphatic heterocycles. The van der Waals surface area contributed by atoms with Crippen LogP contribution >= 0.6 is 0 Å². The topological polar surface area (TPSA) is 108 Å². The molecule has 12 heteroatoms. The van der Waals surface area contributed by atoms with Crippen molar-refractivity contribution in [1.29, 1.82) is 0 Å². The van der Waals surface area contributed by atoms with E-state index in [1.165, 1.54) is 25.1 Å². The van der Waals surface area contributed by atoms with Crippen LogP contribution in [0.2, 0.25) is 0 Å². The summed E-state index contributed by atoms with van der Waals surface area (Å²) in [5, 5.41) is 18.3. The number of aromatic nitrogens is 6. The van der Waals surface area contributed by atoms with E-state index in [4.69, 9.17) is 0 Å². The molecule has 1 N–H and O–H groups in total. The lowest BCUT2D eigenvalue weighted by molar-refractivity contribution is -0.137. The summed E-state index contributed by atoms with van der Waals surface area (Å²) in [7, 11) is 0. The number of halogens is 3. The Morgan fingerprint density at radius 3 is 2.49 bits per heavy atom. The fourth-order valence-electron chi connectivity index (χ4n) is 3.69. The van der Waals surface area contributed by atoms with E-state index < -0.39 is 28.8 Å². The first-order valence-electron chi connectivity index (χ1n) is 10.7. The zero-order chi connectivity index (χ0) is 24.7. The molecule has 1 saturated carbocycles. The van der Waals surface area contributed by atoms with Gasteiger partial charge in [-0.15, -0.1) is 5.10 Å². The lowest BCUT2D eigenvalue weighted by Crippen LogP contribution is -2.27. The van der Waals surface area contributed by atoms with Crippen molar-refractivity contribution >= 4 is 11.6 Å². The van der Waals surface area contributed by atoms with E-state index in [1.54, 1.807) is 28.9 Å². The maximum absolute atomic E-state index is 13.5. The van der Waals surface area contributed by atoms with Gasteiger partial charge >= 0.3 is 6.18 Å². The zero-order valence-electron chi connectivity index (χ0n) is 18.3. The molecule has 0 radical (unpaired) electrons. The number of hydrogen-bond acceptors (Lipinski definition) is 6. The molecule has 0 atom stereocenters.